The molecule has 6 rings (SSSR count). The van der Waals surface area contributed by atoms with Crippen LogP contribution in [0.1, 0.15) is 109 Å². The molecule has 36 heavy (non-hydrogen) atoms. The summed E-state index contributed by atoms with van der Waals surface area (Å²) in [6, 6.07) is 33.0. The molecule has 2 aliphatic rings. The molecule has 2 saturated carbocycles. The minimum atomic E-state index is 0.789. The molecule has 2 fully saturated rings. The predicted octanol–water partition coefficient (Wildman–Crippen LogP) is 10.1. The summed E-state index contributed by atoms with van der Waals surface area (Å²) in [5.74, 6) is 1.58. The molecule has 4 aromatic carbocycles. The van der Waals surface area contributed by atoms with Crippen molar-refractivity contribution in [3.8, 4) is 0 Å². The van der Waals surface area contributed by atoms with Gasteiger partial charge in [-0.1, -0.05) is 123 Å². The molecule has 0 unspecified atom stereocenters. The Kier molecular flexibility index (Phi) is 7.21. The van der Waals surface area contributed by atoms with E-state index in [1.54, 1.807) is 11.1 Å². The lowest BCUT2D eigenvalue weighted by Crippen LogP contribution is -2.04. The van der Waals surface area contributed by atoms with Crippen molar-refractivity contribution in [2.75, 3.05) is 0 Å². The highest BCUT2D eigenvalue weighted by Gasteiger charge is 2.16. The first-order chi connectivity index (χ1) is 17.8. The van der Waals surface area contributed by atoms with Gasteiger partial charge in [0.1, 0.15) is 0 Å². The highest BCUT2D eigenvalue weighted by atomic mass is 14.2. The van der Waals surface area contributed by atoms with E-state index in [1.165, 1.54) is 97.2 Å². The molecule has 0 nitrogen and oxygen atoms in total. The minimum absolute atomic E-state index is 0.789. The molecule has 0 aliphatic heterocycles. The molecule has 0 N–H and O–H groups in total. The van der Waals surface area contributed by atoms with Gasteiger partial charge in [0, 0.05) is 0 Å². The molecule has 2 aliphatic carbocycles. The number of benzene rings is 4. The van der Waals surface area contributed by atoms with E-state index in [-0.39, 0.29) is 0 Å². The van der Waals surface area contributed by atoms with Gasteiger partial charge < -0.3 is 0 Å². The van der Waals surface area contributed by atoms with E-state index in [0.717, 1.165) is 24.7 Å². The molecule has 0 heterocycles. The van der Waals surface area contributed by atoms with Gasteiger partial charge in [0.15, 0.2) is 0 Å². The highest BCUT2D eigenvalue weighted by Crippen LogP contribution is 2.34. The Hall–Kier alpha value is -2.86. The molecule has 0 radical (unpaired) electrons. The van der Waals surface area contributed by atoms with Gasteiger partial charge in [0.25, 0.3) is 0 Å². The van der Waals surface area contributed by atoms with Gasteiger partial charge in [-0.05, 0) is 94.5 Å². The molecule has 0 aromatic heterocycles. The van der Waals surface area contributed by atoms with Crippen LogP contribution in [0, 0.1) is 0 Å². The number of rotatable bonds is 6. The van der Waals surface area contributed by atoms with Crippen molar-refractivity contribution in [2.45, 2.75) is 88.9 Å². The molecule has 0 amide bonds. The second kappa shape index (κ2) is 11.0. The third kappa shape index (κ3) is 5.59. The van der Waals surface area contributed by atoms with Gasteiger partial charge in [-0.15, -0.1) is 0 Å². The summed E-state index contributed by atoms with van der Waals surface area (Å²) in [5.41, 5.74) is 8.74. The van der Waals surface area contributed by atoms with E-state index in [4.69, 9.17) is 0 Å². The fourth-order valence-corrected chi connectivity index (χ4v) is 6.72. The second-order valence-corrected chi connectivity index (χ2v) is 11.5. The van der Waals surface area contributed by atoms with Gasteiger partial charge in [-0.25, -0.2) is 0 Å². The first-order valence-electron chi connectivity index (χ1n) is 14.5. The fourth-order valence-electron chi connectivity index (χ4n) is 6.72. The molecule has 0 atom stereocenters. The first-order valence-corrected chi connectivity index (χ1v) is 14.5. The summed E-state index contributed by atoms with van der Waals surface area (Å²) in [4.78, 5) is 0. The largest absolute Gasteiger partial charge is 0.0585 e. The molecular formula is C36H40. The normalized spacial score (nSPS) is 17.4. The standard InChI is InChI=1S/C36H40/c1-3-7-31(8-4-1)33-17-11-27(12-18-33)23-29-15-21-36-26-30(16-22-35(36)25-29)24-28-13-19-34(20-14-28)32-9-5-2-6-10-32/h11-22,25-26,31-32H,1-10,23-24H2. The average Bonchev–Trinajstić information content (AvgIpc) is 2.95. The lowest BCUT2D eigenvalue weighted by molar-refractivity contribution is 0.443. The predicted molar refractivity (Wildman–Crippen MR) is 154 cm³/mol. The summed E-state index contributed by atoms with van der Waals surface area (Å²) >= 11 is 0. The van der Waals surface area contributed by atoms with E-state index >= 15 is 0 Å². The van der Waals surface area contributed by atoms with Crippen molar-refractivity contribution in [1.82, 2.24) is 0 Å². The van der Waals surface area contributed by atoms with Gasteiger partial charge in [0.05, 0.1) is 0 Å². The van der Waals surface area contributed by atoms with Crippen LogP contribution in [-0.2, 0) is 12.8 Å². The summed E-state index contributed by atoms with van der Waals surface area (Å²) < 4.78 is 0. The lowest BCUT2D eigenvalue weighted by Gasteiger charge is -2.22. The van der Waals surface area contributed by atoms with Crippen molar-refractivity contribution >= 4 is 10.8 Å². The number of hydrogen-bond acceptors (Lipinski definition) is 0. The third-order valence-electron chi connectivity index (χ3n) is 8.90. The maximum absolute atomic E-state index is 2.39. The van der Waals surface area contributed by atoms with Gasteiger partial charge in [-0.2, -0.15) is 0 Å². The van der Waals surface area contributed by atoms with Crippen LogP contribution in [0.3, 0.4) is 0 Å². The van der Waals surface area contributed by atoms with Crippen LogP contribution >= 0.6 is 0 Å². The van der Waals surface area contributed by atoms with Crippen LogP contribution in [-0.4, -0.2) is 0 Å². The smallest absolute Gasteiger partial charge is 0.00255 e. The monoisotopic (exact) mass is 472 g/mol. The summed E-state index contributed by atoms with van der Waals surface area (Å²) in [6.07, 6.45) is 16.0. The van der Waals surface area contributed by atoms with E-state index < -0.39 is 0 Å². The zero-order chi connectivity index (χ0) is 24.2. The van der Waals surface area contributed by atoms with E-state index in [1.807, 2.05) is 0 Å². The van der Waals surface area contributed by atoms with Gasteiger partial charge in [-0.3, -0.25) is 0 Å². The van der Waals surface area contributed by atoms with Crippen LogP contribution in [0.25, 0.3) is 10.8 Å². The van der Waals surface area contributed by atoms with Crippen LogP contribution in [0.5, 0.6) is 0 Å². The number of fused-ring (bicyclic) bond motifs is 1. The molecule has 184 valence electrons. The van der Waals surface area contributed by atoms with Gasteiger partial charge >= 0.3 is 0 Å². The summed E-state index contributed by atoms with van der Waals surface area (Å²) in [5, 5.41) is 2.70. The molecule has 0 bridgehead atoms. The Morgan fingerprint density at radius 1 is 0.389 bits per heavy atom. The van der Waals surface area contributed by atoms with E-state index in [9.17, 15) is 0 Å². The maximum Gasteiger partial charge on any atom is -0.00255 e. The third-order valence-corrected chi connectivity index (χ3v) is 8.90. The fraction of sp³-hybridized carbons (Fsp3) is 0.389. The number of hydrogen-bond donors (Lipinski definition) is 0. The van der Waals surface area contributed by atoms with Crippen molar-refractivity contribution in [2.24, 2.45) is 0 Å². The Bertz CT molecular complexity index is 1160. The maximum atomic E-state index is 2.39. The van der Waals surface area contributed by atoms with Crippen LogP contribution in [0.15, 0.2) is 84.9 Å². The highest BCUT2D eigenvalue weighted by molar-refractivity contribution is 5.84. The lowest BCUT2D eigenvalue weighted by atomic mass is 9.83. The van der Waals surface area contributed by atoms with Crippen molar-refractivity contribution < 1.29 is 0 Å². The Morgan fingerprint density at radius 3 is 1.14 bits per heavy atom. The Balaban J connectivity index is 1.10. The topological polar surface area (TPSA) is 0 Å². The average molecular weight is 473 g/mol. The molecule has 0 heteroatoms. The Morgan fingerprint density at radius 2 is 0.750 bits per heavy atom. The quantitative estimate of drug-likeness (QED) is 0.262. The molecule has 0 spiro atoms. The van der Waals surface area contributed by atoms with E-state index in [0.29, 0.717) is 0 Å². The summed E-state index contributed by atoms with van der Waals surface area (Å²) in [6.45, 7) is 0. The zero-order valence-corrected chi connectivity index (χ0v) is 21.7. The zero-order valence-electron chi connectivity index (χ0n) is 21.7. The second-order valence-electron chi connectivity index (χ2n) is 11.5. The van der Waals surface area contributed by atoms with Crippen LogP contribution in [0.4, 0.5) is 0 Å². The SMILES string of the molecule is c1cc(C2CCCCC2)ccc1Cc1ccc2cc(Cc3ccc(C4CCCCC4)cc3)ccc2c1. The molecule has 0 saturated heterocycles. The van der Waals surface area contributed by atoms with Crippen LogP contribution in [0.2, 0.25) is 0 Å². The van der Waals surface area contributed by atoms with Crippen molar-refractivity contribution in [3.05, 3.63) is 118 Å². The van der Waals surface area contributed by atoms with E-state index in [2.05, 4.69) is 84.9 Å². The van der Waals surface area contributed by atoms with Gasteiger partial charge in [0.2, 0.25) is 0 Å². The van der Waals surface area contributed by atoms with Crippen molar-refractivity contribution in [3.63, 3.8) is 0 Å². The minimum Gasteiger partial charge on any atom is -0.0585 e. The summed E-state index contributed by atoms with van der Waals surface area (Å²) in [7, 11) is 0. The first kappa shape index (κ1) is 23.5. The van der Waals surface area contributed by atoms with Crippen LogP contribution < -0.4 is 0 Å². The molecular weight excluding hydrogens is 432 g/mol. The van der Waals surface area contributed by atoms with Crippen molar-refractivity contribution in [1.29, 1.82) is 0 Å². The Labute approximate surface area is 217 Å². The molecule has 4 aromatic rings.